The van der Waals surface area contributed by atoms with Gasteiger partial charge in [-0.25, -0.2) is 13.2 Å². The number of pyridine rings is 1. The van der Waals surface area contributed by atoms with Crippen molar-refractivity contribution in [1.29, 1.82) is 0 Å². The molecule has 2 amide bonds. The first-order valence-electron chi connectivity index (χ1n) is 11.4. The summed E-state index contributed by atoms with van der Waals surface area (Å²) < 4.78 is 41.7. The zero-order chi connectivity index (χ0) is 26.1. The average Bonchev–Trinajstić information content (AvgIpc) is 2.99. The van der Waals surface area contributed by atoms with Gasteiger partial charge < -0.3 is 25.1 Å². The molecular formula is C24H25F3N4O5. The normalized spacial score (nSPS) is 21.7. The molecule has 1 aromatic heterocycles. The maximum Gasteiger partial charge on any atom is 0.274 e. The van der Waals surface area contributed by atoms with Crippen LogP contribution in [0.15, 0.2) is 34.3 Å². The van der Waals surface area contributed by atoms with Crippen LogP contribution in [-0.2, 0) is 6.54 Å². The summed E-state index contributed by atoms with van der Waals surface area (Å²) >= 11 is 0. The van der Waals surface area contributed by atoms with Crippen LogP contribution in [0.3, 0.4) is 0 Å². The van der Waals surface area contributed by atoms with Crippen molar-refractivity contribution in [2.24, 2.45) is 11.1 Å². The number of hydrogen-bond acceptors (Lipinski definition) is 6. The summed E-state index contributed by atoms with van der Waals surface area (Å²) in [4.78, 5) is 40.4. The topological polar surface area (TPSA) is 124 Å². The first-order valence-corrected chi connectivity index (χ1v) is 11.4. The summed E-state index contributed by atoms with van der Waals surface area (Å²) in [6, 6.07) is 2.07. The van der Waals surface area contributed by atoms with Gasteiger partial charge in [0.15, 0.2) is 11.4 Å². The van der Waals surface area contributed by atoms with Crippen LogP contribution < -0.4 is 10.7 Å². The molecule has 0 saturated carbocycles. The summed E-state index contributed by atoms with van der Waals surface area (Å²) in [5, 5.41) is 25.2. The van der Waals surface area contributed by atoms with Crippen molar-refractivity contribution in [1.82, 2.24) is 14.8 Å². The number of nitrogens with one attached hydrogen (secondary N) is 1. The zero-order valence-corrected chi connectivity index (χ0v) is 19.4. The maximum atomic E-state index is 13.9. The fraction of sp³-hybridized carbons (Fsp3) is 0.417. The molecule has 0 radical (unpaired) electrons. The summed E-state index contributed by atoms with van der Waals surface area (Å²) in [6.07, 6.45) is 2.34. The van der Waals surface area contributed by atoms with Gasteiger partial charge in [-0.05, 0) is 38.2 Å². The molecule has 2 aromatic rings. The van der Waals surface area contributed by atoms with Gasteiger partial charge in [0.1, 0.15) is 23.9 Å². The van der Waals surface area contributed by atoms with Gasteiger partial charge in [-0.1, -0.05) is 11.2 Å². The van der Waals surface area contributed by atoms with E-state index in [9.17, 15) is 32.7 Å². The number of halogens is 3. The van der Waals surface area contributed by atoms with Gasteiger partial charge >= 0.3 is 0 Å². The van der Waals surface area contributed by atoms with E-state index in [2.05, 4.69) is 10.5 Å². The number of fused-ring (bicyclic) bond motifs is 4. The number of rotatable bonds is 6. The number of benzene rings is 1. The molecular weight excluding hydrogens is 481 g/mol. The van der Waals surface area contributed by atoms with Gasteiger partial charge in [0.25, 0.3) is 11.8 Å². The van der Waals surface area contributed by atoms with Gasteiger partial charge in [0, 0.05) is 37.0 Å². The smallest absolute Gasteiger partial charge is 0.274 e. The zero-order valence-electron chi connectivity index (χ0n) is 19.4. The lowest BCUT2D eigenvalue weighted by Gasteiger charge is -2.39. The number of alkyl halides is 1. The van der Waals surface area contributed by atoms with Crippen LogP contribution in [0.25, 0.3) is 0 Å². The predicted molar refractivity (Wildman–Crippen MR) is 122 cm³/mol. The second-order valence-electron chi connectivity index (χ2n) is 9.11. The Morgan fingerprint density at radius 3 is 2.67 bits per heavy atom. The number of hydrogen-bond donors (Lipinski definition) is 3. The predicted octanol–water partition coefficient (Wildman–Crippen LogP) is 2.75. The number of carbonyl (C=O) groups is 2. The summed E-state index contributed by atoms with van der Waals surface area (Å²) in [6.45, 7) is 0.700. The number of aromatic hydroxyl groups is 1. The minimum absolute atomic E-state index is 0.0160. The molecule has 1 saturated heterocycles. The van der Waals surface area contributed by atoms with Crippen LogP contribution in [0.4, 0.5) is 13.2 Å². The van der Waals surface area contributed by atoms with Crippen LogP contribution in [0.1, 0.15) is 58.6 Å². The number of aromatic nitrogens is 1. The number of nitrogens with zero attached hydrogens (tertiary/aromatic N) is 3. The highest BCUT2D eigenvalue weighted by molar-refractivity contribution is 5.99. The van der Waals surface area contributed by atoms with E-state index < -0.39 is 52.9 Å². The molecule has 2 aliphatic rings. The van der Waals surface area contributed by atoms with Crippen molar-refractivity contribution < 1.29 is 33.1 Å². The van der Waals surface area contributed by atoms with Crippen LogP contribution in [0.5, 0.6) is 5.75 Å². The molecule has 0 spiro atoms. The standard InChI is InChI=1S/C24H25F3N4O5/c1-12-2-3-13(6-16(8-25)29-36)19-11-30(12)24(35)20-22(33)21(32)17(10-31(19)20)23(34)28-9-14-4-5-15(26)7-18(14)27/h4-5,7,10,12-13,19,33,36H,2-3,6,8-9,11H2,1H3,(H,28,34)/b29-16+. The monoisotopic (exact) mass is 506 g/mol. The Kier molecular flexibility index (Phi) is 7.04. The van der Waals surface area contributed by atoms with Gasteiger partial charge in [0.2, 0.25) is 5.43 Å². The number of oxime groups is 1. The number of carbonyl (C=O) groups excluding carboxylic acids is 2. The third-order valence-electron chi connectivity index (χ3n) is 6.94. The molecule has 0 aliphatic carbocycles. The fourth-order valence-electron chi connectivity index (χ4n) is 4.92. The molecule has 4 rings (SSSR count). The third-order valence-corrected chi connectivity index (χ3v) is 6.94. The van der Waals surface area contributed by atoms with E-state index in [1.54, 1.807) is 0 Å². The molecule has 2 bridgehead atoms. The van der Waals surface area contributed by atoms with Gasteiger partial charge in [-0.3, -0.25) is 14.4 Å². The Morgan fingerprint density at radius 2 is 2.00 bits per heavy atom. The minimum Gasteiger partial charge on any atom is -0.503 e. The summed E-state index contributed by atoms with van der Waals surface area (Å²) in [5.74, 6) is -4.38. The molecule has 12 heteroatoms. The molecule has 3 heterocycles. The molecule has 3 N–H and O–H groups in total. The fourth-order valence-corrected chi connectivity index (χ4v) is 4.92. The van der Waals surface area contributed by atoms with Gasteiger partial charge in [0.05, 0.1) is 11.8 Å². The Hall–Kier alpha value is -3.83. The van der Waals surface area contributed by atoms with Crippen LogP contribution >= 0.6 is 0 Å². The van der Waals surface area contributed by atoms with E-state index in [0.29, 0.717) is 18.9 Å². The van der Waals surface area contributed by atoms with E-state index >= 15 is 0 Å². The highest BCUT2D eigenvalue weighted by atomic mass is 19.1. The largest absolute Gasteiger partial charge is 0.503 e. The van der Waals surface area contributed by atoms with Gasteiger partial charge in [-0.2, -0.15) is 0 Å². The van der Waals surface area contributed by atoms with Crippen molar-refractivity contribution in [3.8, 4) is 5.75 Å². The van der Waals surface area contributed by atoms with Crippen molar-refractivity contribution in [3.05, 3.63) is 63.1 Å². The average molecular weight is 506 g/mol. The molecule has 36 heavy (non-hydrogen) atoms. The summed E-state index contributed by atoms with van der Waals surface area (Å²) in [7, 11) is 0. The first-order chi connectivity index (χ1) is 17.2. The van der Waals surface area contributed by atoms with Crippen molar-refractivity contribution in [3.63, 3.8) is 0 Å². The van der Waals surface area contributed by atoms with Crippen LogP contribution in [-0.4, -0.2) is 56.6 Å². The molecule has 1 fully saturated rings. The first kappa shape index (κ1) is 25.3. The van der Waals surface area contributed by atoms with Crippen LogP contribution in [0, 0.1) is 17.6 Å². The van der Waals surface area contributed by atoms with E-state index in [0.717, 1.165) is 12.1 Å². The van der Waals surface area contributed by atoms with Crippen molar-refractivity contribution >= 4 is 17.5 Å². The Morgan fingerprint density at radius 1 is 1.25 bits per heavy atom. The van der Waals surface area contributed by atoms with E-state index in [1.165, 1.54) is 15.7 Å². The molecule has 3 atom stereocenters. The lowest BCUT2D eigenvalue weighted by Crippen LogP contribution is -2.48. The maximum absolute atomic E-state index is 13.9. The lowest BCUT2D eigenvalue weighted by molar-refractivity contribution is 0.0588. The molecule has 3 unspecified atom stereocenters. The minimum atomic E-state index is -1.07. The van der Waals surface area contributed by atoms with E-state index in [-0.39, 0.29) is 48.4 Å². The van der Waals surface area contributed by atoms with Crippen molar-refractivity contribution in [2.45, 2.75) is 44.8 Å². The van der Waals surface area contributed by atoms with Crippen molar-refractivity contribution in [2.75, 3.05) is 13.2 Å². The quantitative estimate of drug-likeness (QED) is 0.316. The SMILES string of the molecule is CC1CCC(C/C(CF)=N\O)C2CN1C(=O)c1c(O)c(=O)c(C(=O)NCc3ccc(F)cc3F)cn12. The lowest BCUT2D eigenvalue weighted by atomic mass is 9.88. The second-order valence-corrected chi connectivity index (χ2v) is 9.11. The highest BCUT2D eigenvalue weighted by Crippen LogP contribution is 2.39. The Bertz CT molecular complexity index is 1300. The highest BCUT2D eigenvalue weighted by Gasteiger charge is 2.42. The second kappa shape index (κ2) is 10.0. The molecule has 2 aliphatic heterocycles. The van der Waals surface area contributed by atoms with E-state index in [1.807, 2.05) is 6.92 Å². The molecule has 9 nitrogen and oxygen atoms in total. The summed E-state index contributed by atoms with van der Waals surface area (Å²) in [5.41, 5.74) is -1.92. The Labute approximate surface area is 203 Å². The molecule has 192 valence electrons. The van der Waals surface area contributed by atoms with Gasteiger partial charge in [-0.15, -0.1) is 0 Å². The third kappa shape index (κ3) is 4.54. The van der Waals surface area contributed by atoms with Crippen LogP contribution in [0.2, 0.25) is 0 Å². The Balaban J connectivity index is 1.72. The number of amides is 2. The van der Waals surface area contributed by atoms with E-state index in [4.69, 9.17) is 5.21 Å². The molecule has 1 aromatic carbocycles.